The Bertz CT molecular complexity index is 1240. The van der Waals surface area contributed by atoms with Crippen LogP contribution >= 0.6 is 11.6 Å². The minimum Gasteiger partial charge on any atom is -0.496 e. The second-order valence-electron chi connectivity index (χ2n) is 7.64. The number of nitrogens with one attached hydrogen (secondary N) is 1. The highest BCUT2D eigenvalue weighted by Gasteiger charge is 2.28. The molecule has 2 aromatic heterocycles. The van der Waals surface area contributed by atoms with Gasteiger partial charge in [0, 0.05) is 34.9 Å². The highest BCUT2D eigenvalue weighted by Crippen LogP contribution is 2.32. The summed E-state index contributed by atoms with van der Waals surface area (Å²) in [5.41, 5.74) is 2.25. The van der Waals surface area contributed by atoms with E-state index in [0.717, 1.165) is 29.3 Å². The number of amides is 1. The number of aromatic nitrogens is 3. The van der Waals surface area contributed by atoms with Gasteiger partial charge in [-0.3, -0.25) is 4.79 Å². The van der Waals surface area contributed by atoms with Gasteiger partial charge in [0.15, 0.2) is 5.82 Å². The fourth-order valence-corrected chi connectivity index (χ4v) is 4.24. The number of aromatic amines is 1. The van der Waals surface area contributed by atoms with Gasteiger partial charge in [0.2, 0.25) is 0 Å². The van der Waals surface area contributed by atoms with E-state index in [2.05, 4.69) is 15.1 Å². The molecule has 0 bridgehead atoms. The number of rotatable bonds is 4. The number of ether oxygens (including phenoxy) is 1. The van der Waals surface area contributed by atoms with Crippen molar-refractivity contribution in [2.24, 2.45) is 0 Å². The van der Waals surface area contributed by atoms with Crippen molar-refractivity contribution in [2.75, 3.05) is 20.2 Å². The molecule has 0 saturated carbocycles. The molecular formula is C23H21ClN4O3. The van der Waals surface area contributed by atoms with Gasteiger partial charge in [0.05, 0.1) is 12.7 Å². The molecule has 0 radical (unpaired) electrons. The van der Waals surface area contributed by atoms with Crippen molar-refractivity contribution in [2.45, 2.75) is 18.8 Å². The van der Waals surface area contributed by atoms with E-state index in [4.69, 9.17) is 20.9 Å². The molecule has 1 fully saturated rings. The van der Waals surface area contributed by atoms with Crippen LogP contribution in [-0.4, -0.2) is 46.1 Å². The molecule has 7 nitrogen and oxygen atoms in total. The number of fused-ring (bicyclic) bond motifs is 1. The van der Waals surface area contributed by atoms with Crippen LogP contribution in [-0.2, 0) is 0 Å². The quantitative estimate of drug-likeness (QED) is 0.492. The summed E-state index contributed by atoms with van der Waals surface area (Å²) in [5.74, 6) is 1.96. The lowest BCUT2D eigenvalue weighted by molar-refractivity contribution is 0.0705. The lowest BCUT2D eigenvalue weighted by Crippen LogP contribution is -2.38. The summed E-state index contributed by atoms with van der Waals surface area (Å²) in [5, 5.41) is 5.78. The summed E-state index contributed by atoms with van der Waals surface area (Å²) in [4.78, 5) is 22.6. The molecule has 0 spiro atoms. The van der Waals surface area contributed by atoms with Crippen molar-refractivity contribution in [1.82, 2.24) is 20.0 Å². The number of hydrogen-bond donors (Lipinski definition) is 1. The van der Waals surface area contributed by atoms with Crippen LogP contribution in [0.5, 0.6) is 5.75 Å². The summed E-state index contributed by atoms with van der Waals surface area (Å²) >= 11 is 6.05. The predicted molar refractivity (Wildman–Crippen MR) is 117 cm³/mol. The lowest BCUT2D eigenvalue weighted by Gasteiger charge is -2.30. The second kappa shape index (κ2) is 8.07. The smallest absolute Gasteiger partial charge is 0.270 e. The van der Waals surface area contributed by atoms with E-state index in [1.54, 1.807) is 7.11 Å². The normalized spacial score (nSPS) is 14.8. The highest BCUT2D eigenvalue weighted by molar-refractivity contribution is 6.31. The van der Waals surface area contributed by atoms with Crippen molar-refractivity contribution >= 4 is 28.4 Å². The Morgan fingerprint density at radius 1 is 1.19 bits per heavy atom. The van der Waals surface area contributed by atoms with Gasteiger partial charge in [-0.25, -0.2) is 0 Å². The van der Waals surface area contributed by atoms with Gasteiger partial charge >= 0.3 is 0 Å². The van der Waals surface area contributed by atoms with E-state index < -0.39 is 0 Å². The third-order valence-electron chi connectivity index (χ3n) is 5.74. The second-order valence-corrected chi connectivity index (χ2v) is 8.08. The Labute approximate surface area is 184 Å². The van der Waals surface area contributed by atoms with Crippen LogP contribution in [0.4, 0.5) is 0 Å². The molecule has 0 aliphatic carbocycles. The first-order valence-electron chi connectivity index (χ1n) is 10.2. The van der Waals surface area contributed by atoms with Gasteiger partial charge in [0.25, 0.3) is 11.8 Å². The molecule has 1 aliphatic heterocycles. The van der Waals surface area contributed by atoms with Gasteiger partial charge in [-0.1, -0.05) is 28.9 Å². The van der Waals surface area contributed by atoms with Crippen LogP contribution in [0.2, 0.25) is 5.02 Å². The zero-order valence-electron chi connectivity index (χ0n) is 17.0. The number of halogens is 1. The van der Waals surface area contributed by atoms with Crippen LogP contribution in [0.25, 0.3) is 22.4 Å². The summed E-state index contributed by atoms with van der Waals surface area (Å²) in [6, 6.07) is 15.0. The van der Waals surface area contributed by atoms with Gasteiger partial charge in [-0.2, -0.15) is 4.98 Å². The fraction of sp³-hybridized carbons (Fsp3) is 0.261. The number of H-pyrrole nitrogens is 1. The van der Waals surface area contributed by atoms with E-state index in [-0.39, 0.29) is 11.8 Å². The third-order valence-corrected chi connectivity index (χ3v) is 5.97. The Hall–Kier alpha value is -3.32. The van der Waals surface area contributed by atoms with E-state index in [1.165, 1.54) is 0 Å². The van der Waals surface area contributed by atoms with Crippen LogP contribution in [0.3, 0.4) is 0 Å². The number of methoxy groups -OCH3 is 1. The topological polar surface area (TPSA) is 84.2 Å². The maximum Gasteiger partial charge on any atom is 0.270 e. The molecule has 8 heteroatoms. The van der Waals surface area contributed by atoms with Crippen molar-refractivity contribution in [3.8, 4) is 17.2 Å². The first-order valence-corrected chi connectivity index (χ1v) is 10.5. The van der Waals surface area contributed by atoms with E-state index >= 15 is 0 Å². The molecule has 4 aromatic rings. The number of hydrogen-bond acceptors (Lipinski definition) is 5. The number of carbonyl (C=O) groups is 1. The number of nitrogens with zero attached hydrogens (tertiary/aromatic N) is 3. The van der Waals surface area contributed by atoms with Crippen molar-refractivity contribution in [3.05, 3.63) is 65.1 Å². The maximum atomic E-state index is 13.0. The SMILES string of the molecule is COc1ccccc1-c1nc(C2CCN(C(=O)c3cc4cc(Cl)ccc4[nH]3)CC2)no1. The number of para-hydroxylation sites is 1. The summed E-state index contributed by atoms with van der Waals surface area (Å²) in [6.45, 7) is 1.27. The van der Waals surface area contributed by atoms with E-state index in [9.17, 15) is 4.79 Å². The Morgan fingerprint density at radius 2 is 2.00 bits per heavy atom. The van der Waals surface area contributed by atoms with Crippen LogP contribution in [0.1, 0.15) is 35.1 Å². The van der Waals surface area contributed by atoms with E-state index in [0.29, 0.717) is 41.3 Å². The third kappa shape index (κ3) is 3.77. The maximum absolute atomic E-state index is 13.0. The number of piperidine rings is 1. The first kappa shape index (κ1) is 19.6. The Kier molecular flexibility index (Phi) is 5.11. The van der Waals surface area contributed by atoms with Crippen molar-refractivity contribution < 1.29 is 14.1 Å². The van der Waals surface area contributed by atoms with Crippen molar-refractivity contribution in [1.29, 1.82) is 0 Å². The molecule has 0 unspecified atom stereocenters. The summed E-state index contributed by atoms with van der Waals surface area (Å²) < 4.78 is 10.9. The molecule has 3 heterocycles. The fourth-order valence-electron chi connectivity index (χ4n) is 4.06. The van der Waals surface area contributed by atoms with Crippen molar-refractivity contribution in [3.63, 3.8) is 0 Å². The lowest BCUT2D eigenvalue weighted by atomic mass is 9.96. The average Bonchev–Trinajstić information content (AvgIpc) is 3.46. The largest absolute Gasteiger partial charge is 0.496 e. The predicted octanol–water partition coefficient (Wildman–Crippen LogP) is 4.90. The summed E-state index contributed by atoms with van der Waals surface area (Å²) in [7, 11) is 1.62. The van der Waals surface area contributed by atoms with Crippen LogP contribution in [0, 0.1) is 0 Å². The zero-order valence-corrected chi connectivity index (χ0v) is 17.7. The molecule has 1 N–H and O–H groups in total. The molecule has 5 rings (SSSR count). The molecule has 31 heavy (non-hydrogen) atoms. The monoisotopic (exact) mass is 436 g/mol. The molecular weight excluding hydrogens is 416 g/mol. The molecule has 1 saturated heterocycles. The zero-order chi connectivity index (χ0) is 21.4. The molecule has 0 atom stereocenters. The minimum atomic E-state index is -0.00593. The average molecular weight is 437 g/mol. The van der Waals surface area contributed by atoms with Gasteiger partial charge in [0.1, 0.15) is 11.4 Å². The Morgan fingerprint density at radius 3 is 2.81 bits per heavy atom. The van der Waals surface area contributed by atoms with Crippen LogP contribution < -0.4 is 4.74 Å². The Balaban J connectivity index is 1.27. The number of likely N-dealkylation sites (tertiary alicyclic amines) is 1. The van der Waals surface area contributed by atoms with Gasteiger partial charge in [-0.15, -0.1) is 0 Å². The molecule has 1 aliphatic rings. The van der Waals surface area contributed by atoms with E-state index in [1.807, 2.05) is 53.4 Å². The highest BCUT2D eigenvalue weighted by atomic mass is 35.5. The molecule has 1 amide bonds. The summed E-state index contributed by atoms with van der Waals surface area (Å²) in [6.07, 6.45) is 1.56. The number of benzene rings is 2. The molecule has 158 valence electrons. The standard InChI is InChI=1S/C23H21ClN4O3/c1-30-20-5-3-2-4-17(20)22-26-21(27-31-22)14-8-10-28(11-9-14)23(29)19-13-15-12-16(24)6-7-18(15)25-19/h2-7,12-14,25H,8-11H2,1H3. The van der Waals surface area contributed by atoms with Gasteiger partial charge < -0.3 is 19.1 Å². The van der Waals surface area contributed by atoms with Gasteiger partial charge in [-0.05, 0) is 49.2 Å². The number of carbonyl (C=O) groups excluding carboxylic acids is 1. The minimum absolute atomic E-state index is 0.00593. The van der Waals surface area contributed by atoms with Crippen LogP contribution in [0.15, 0.2) is 53.1 Å². The molecule has 2 aromatic carbocycles. The first-order chi connectivity index (χ1) is 15.1.